The van der Waals surface area contributed by atoms with E-state index in [9.17, 15) is 4.79 Å². The summed E-state index contributed by atoms with van der Waals surface area (Å²) in [6.45, 7) is 2.80. The van der Waals surface area contributed by atoms with E-state index in [1.54, 1.807) is 6.20 Å². The van der Waals surface area contributed by atoms with E-state index in [1.807, 2.05) is 0 Å². The van der Waals surface area contributed by atoms with Crippen molar-refractivity contribution in [3.05, 3.63) is 18.0 Å². The number of alkyl halides is 1. The number of hydrogen-bond donors (Lipinski definition) is 2. The Kier molecular flexibility index (Phi) is 4.65. The Morgan fingerprint density at radius 2 is 2.57 bits per heavy atom. The lowest BCUT2D eigenvalue weighted by Crippen LogP contribution is -2.24. The fourth-order valence-corrected chi connectivity index (χ4v) is 1.39. The van der Waals surface area contributed by atoms with Crippen molar-refractivity contribution in [3.63, 3.8) is 0 Å². The van der Waals surface area contributed by atoms with Gasteiger partial charge in [-0.25, -0.2) is 0 Å². The first kappa shape index (κ1) is 11.2. The molecule has 2 N–H and O–H groups in total. The minimum atomic E-state index is -0.0685. The molecule has 1 atom stereocenters. The molecule has 1 amide bonds. The second-order valence-corrected chi connectivity index (χ2v) is 4.73. The van der Waals surface area contributed by atoms with Crippen LogP contribution in [-0.2, 0) is 0 Å². The van der Waals surface area contributed by atoms with Crippen molar-refractivity contribution in [1.82, 2.24) is 15.5 Å². The van der Waals surface area contributed by atoms with Crippen molar-refractivity contribution in [3.8, 4) is 0 Å². The predicted octanol–water partition coefficient (Wildman–Crippen LogP) is 1.70. The summed E-state index contributed by atoms with van der Waals surface area (Å²) in [6.07, 6.45) is 5.15. The van der Waals surface area contributed by atoms with Crippen molar-refractivity contribution in [2.24, 2.45) is 0 Å². The molecule has 0 bridgehead atoms. The number of amides is 1. The molecule has 1 aromatic rings. The lowest BCUT2D eigenvalue weighted by molar-refractivity contribution is 0.0953. The lowest BCUT2D eigenvalue weighted by Gasteiger charge is -2.04. The first-order valence-electron chi connectivity index (χ1n) is 4.61. The van der Waals surface area contributed by atoms with Crippen LogP contribution in [0.25, 0.3) is 0 Å². The second kappa shape index (κ2) is 5.80. The van der Waals surface area contributed by atoms with Gasteiger partial charge >= 0.3 is 0 Å². The summed E-state index contributed by atoms with van der Waals surface area (Å²) in [7, 11) is 0. The summed E-state index contributed by atoms with van der Waals surface area (Å²) in [5.74, 6) is -0.0685. The molecule has 0 aliphatic heterocycles. The zero-order valence-corrected chi connectivity index (χ0v) is 9.67. The van der Waals surface area contributed by atoms with Gasteiger partial charge in [0.1, 0.15) is 0 Å². The van der Waals surface area contributed by atoms with Gasteiger partial charge in [0.05, 0.1) is 11.8 Å². The average Bonchev–Trinajstić information content (AvgIpc) is 2.64. The number of aromatic nitrogens is 2. The highest BCUT2D eigenvalue weighted by atomic mass is 79.9. The first-order valence-corrected chi connectivity index (χ1v) is 5.53. The molecule has 1 heterocycles. The SMILES string of the molecule is CC(Br)CCCNC(=O)c1cn[nH]c1. The van der Waals surface area contributed by atoms with Crippen LogP contribution in [0.15, 0.2) is 12.4 Å². The minimum absolute atomic E-state index is 0.0685. The summed E-state index contributed by atoms with van der Waals surface area (Å²) >= 11 is 3.45. The Morgan fingerprint density at radius 1 is 1.79 bits per heavy atom. The van der Waals surface area contributed by atoms with Crippen molar-refractivity contribution in [2.45, 2.75) is 24.6 Å². The lowest BCUT2D eigenvalue weighted by atomic mass is 10.2. The van der Waals surface area contributed by atoms with E-state index in [0.717, 1.165) is 12.8 Å². The average molecular weight is 260 g/mol. The summed E-state index contributed by atoms with van der Waals surface area (Å²) in [6, 6.07) is 0. The van der Waals surface area contributed by atoms with Gasteiger partial charge in [0, 0.05) is 17.6 Å². The molecule has 0 saturated carbocycles. The van der Waals surface area contributed by atoms with Crippen LogP contribution in [0.3, 0.4) is 0 Å². The number of rotatable bonds is 5. The number of halogens is 1. The second-order valence-electron chi connectivity index (χ2n) is 3.17. The van der Waals surface area contributed by atoms with Crippen LogP contribution < -0.4 is 5.32 Å². The Labute approximate surface area is 91.6 Å². The summed E-state index contributed by atoms with van der Waals surface area (Å²) < 4.78 is 0. The Hall–Kier alpha value is -0.840. The number of aromatic amines is 1. The van der Waals surface area contributed by atoms with Gasteiger partial charge in [-0.15, -0.1) is 0 Å². The first-order chi connectivity index (χ1) is 6.70. The molecule has 0 radical (unpaired) electrons. The zero-order valence-electron chi connectivity index (χ0n) is 8.09. The molecule has 0 aliphatic carbocycles. The maximum atomic E-state index is 11.4. The molecule has 1 rings (SSSR count). The minimum Gasteiger partial charge on any atom is -0.352 e. The fraction of sp³-hybridized carbons (Fsp3) is 0.556. The Bertz CT molecular complexity index is 272. The van der Waals surface area contributed by atoms with E-state index in [2.05, 4.69) is 38.4 Å². The highest BCUT2D eigenvalue weighted by Gasteiger charge is 2.04. The molecular weight excluding hydrogens is 246 g/mol. The van der Waals surface area contributed by atoms with Gasteiger partial charge in [0.15, 0.2) is 0 Å². The number of carbonyl (C=O) groups is 1. The number of nitrogens with one attached hydrogen (secondary N) is 2. The van der Waals surface area contributed by atoms with Crippen molar-refractivity contribution in [1.29, 1.82) is 0 Å². The van der Waals surface area contributed by atoms with E-state index < -0.39 is 0 Å². The molecule has 0 aliphatic rings. The monoisotopic (exact) mass is 259 g/mol. The molecule has 78 valence electrons. The molecule has 0 fully saturated rings. The van der Waals surface area contributed by atoms with E-state index in [0.29, 0.717) is 16.9 Å². The van der Waals surface area contributed by atoms with Gasteiger partial charge in [-0.2, -0.15) is 5.10 Å². The predicted molar refractivity (Wildman–Crippen MR) is 58.5 cm³/mol. The van der Waals surface area contributed by atoms with Crippen LogP contribution in [0.4, 0.5) is 0 Å². The van der Waals surface area contributed by atoms with Gasteiger partial charge in [-0.1, -0.05) is 22.9 Å². The molecule has 1 unspecified atom stereocenters. The van der Waals surface area contributed by atoms with Gasteiger partial charge < -0.3 is 5.32 Å². The molecule has 4 nitrogen and oxygen atoms in total. The van der Waals surface area contributed by atoms with Gasteiger partial charge in [-0.3, -0.25) is 9.89 Å². The van der Waals surface area contributed by atoms with Crippen LogP contribution in [0.2, 0.25) is 0 Å². The third-order valence-corrected chi connectivity index (χ3v) is 2.28. The summed E-state index contributed by atoms with van der Waals surface area (Å²) in [5, 5.41) is 9.13. The van der Waals surface area contributed by atoms with Crippen LogP contribution in [0.1, 0.15) is 30.1 Å². The molecule has 14 heavy (non-hydrogen) atoms. The number of hydrogen-bond acceptors (Lipinski definition) is 2. The fourth-order valence-electron chi connectivity index (χ4n) is 1.06. The van der Waals surface area contributed by atoms with E-state index >= 15 is 0 Å². The third-order valence-electron chi connectivity index (χ3n) is 1.82. The molecule has 5 heteroatoms. The van der Waals surface area contributed by atoms with Gasteiger partial charge in [-0.05, 0) is 12.8 Å². The van der Waals surface area contributed by atoms with Crippen molar-refractivity contribution in [2.75, 3.05) is 6.54 Å². The number of carbonyl (C=O) groups excluding carboxylic acids is 1. The van der Waals surface area contributed by atoms with E-state index in [-0.39, 0.29) is 5.91 Å². The molecule has 0 spiro atoms. The van der Waals surface area contributed by atoms with Crippen LogP contribution in [-0.4, -0.2) is 27.5 Å². The summed E-state index contributed by atoms with van der Waals surface area (Å²) in [5.41, 5.74) is 0.580. The number of nitrogens with zero attached hydrogens (tertiary/aromatic N) is 1. The van der Waals surface area contributed by atoms with Crippen molar-refractivity contribution >= 4 is 21.8 Å². The molecule has 0 saturated heterocycles. The standard InChI is InChI=1S/C9H14BrN3O/c1-7(10)3-2-4-11-9(14)8-5-12-13-6-8/h5-7H,2-4H2,1H3,(H,11,14)(H,12,13). The van der Waals surface area contributed by atoms with E-state index in [1.165, 1.54) is 6.20 Å². The van der Waals surface area contributed by atoms with Crippen LogP contribution >= 0.6 is 15.9 Å². The smallest absolute Gasteiger partial charge is 0.254 e. The molecule has 1 aromatic heterocycles. The quantitative estimate of drug-likeness (QED) is 0.625. The maximum Gasteiger partial charge on any atom is 0.254 e. The topological polar surface area (TPSA) is 57.8 Å². The van der Waals surface area contributed by atoms with Gasteiger partial charge in [0.25, 0.3) is 5.91 Å². The van der Waals surface area contributed by atoms with Crippen LogP contribution in [0.5, 0.6) is 0 Å². The zero-order chi connectivity index (χ0) is 10.4. The Morgan fingerprint density at radius 3 is 3.14 bits per heavy atom. The molecule has 0 aromatic carbocycles. The third kappa shape index (κ3) is 3.91. The number of H-pyrrole nitrogens is 1. The van der Waals surface area contributed by atoms with Crippen LogP contribution in [0, 0.1) is 0 Å². The highest BCUT2D eigenvalue weighted by Crippen LogP contribution is 2.05. The van der Waals surface area contributed by atoms with Gasteiger partial charge in [0.2, 0.25) is 0 Å². The molecular formula is C9H14BrN3O. The Balaban J connectivity index is 2.16. The summed E-state index contributed by atoms with van der Waals surface area (Å²) in [4.78, 5) is 11.9. The van der Waals surface area contributed by atoms with E-state index in [4.69, 9.17) is 0 Å². The highest BCUT2D eigenvalue weighted by molar-refractivity contribution is 9.09. The largest absolute Gasteiger partial charge is 0.352 e. The van der Waals surface area contributed by atoms with Crippen molar-refractivity contribution < 1.29 is 4.79 Å². The normalized spacial score (nSPS) is 12.4. The maximum absolute atomic E-state index is 11.4.